The lowest BCUT2D eigenvalue weighted by Gasteiger charge is -2.10. The Morgan fingerprint density at radius 3 is 2.50 bits per heavy atom. The summed E-state index contributed by atoms with van der Waals surface area (Å²) in [6, 6.07) is 13.2. The van der Waals surface area contributed by atoms with Gasteiger partial charge in [0.25, 0.3) is 0 Å². The van der Waals surface area contributed by atoms with E-state index in [4.69, 9.17) is 23.2 Å². The maximum Gasteiger partial charge on any atom is 0.249 e. The normalized spacial score (nSPS) is 10.5. The van der Waals surface area contributed by atoms with Crippen molar-refractivity contribution in [2.45, 2.75) is 13.5 Å². The molecule has 5 nitrogen and oxygen atoms in total. The van der Waals surface area contributed by atoms with E-state index < -0.39 is 0 Å². The summed E-state index contributed by atoms with van der Waals surface area (Å²) in [6.07, 6.45) is 1.58. The van der Waals surface area contributed by atoms with Crippen LogP contribution in [0.5, 0.6) is 0 Å². The third-order valence-electron chi connectivity index (χ3n) is 3.38. The highest BCUT2D eigenvalue weighted by Crippen LogP contribution is 2.22. The van der Waals surface area contributed by atoms with Crippen LogP contribution in [0.2, 0.25) is 10.0 Å². The molecule has 0 radical (unpaired) electrons. The zero-order valence-electron chi connectivity index (χ0n) is 12.9. The van der Waals surface area contributed by atoms with Gasteiger partial charge in [-0.3, -0.25) is 0 Å². The molecule has 0 saturated heterocycles. The van der Waals surface area contributed by atoms with E-state index >= 15 is 0 Å². The number of benzene rings is 2. The van der Waals surface area contributed by atoms with Gasteiger partial charge in [0.2, 0.25) is 5.95 Å². The highest BCUT2D eigenvalue weighted by molar-refractivity contribution is 6.30. The van der Waals surface area contributed by atoms with Crippen LogP contribution < -0.4 is 10.6 Å². The van der Waals surface area contributed by atoms with Crippen LogP contribution >= 0.6 is 23.2 Å². The van der Waals surface area contributed by atoms with Crippen molar-refractivity contribution in [3.05, 3.63) is 69.8 Å². The third-order valence-corrected chi connectivity index (χ3v) is 3.87. The van der Waals surface area contributed by atoms with E-state index in [-0.39, 0.29) is 0 Å². The van der Waals surface area contributed by atoms with E-state index in [9.17, 15) is 0 Å². The molecule has 0 fully saturated rings. The number of rotatable bonds is 5. The Hall–Kier alpha value is -2.37. The monoisotopic (exact) mass is 359 g/mol. The fourth-order valence-electron chi connectivity index (χ4n) is 2.12. The second-order valence-corrected chi connectivity index (χ2v) is 6.10. The molecule has 0 spiro atoms. The van der Waals surface area contributed by atoms with Crippen LogP contribution in [0.15, 0.2) is 48.7 Å². The molecule has 0 bridgehead atoms. The highest BCUT2D eigenvalue weighted by Gasteiger charge is 2.04. The molecular formula is C17H15Cl2N5. The quantitative estimate of drug-likeness (QED) is 0.682. The van der Waals surface area contributed by atoms with Gasteiger partial charge in [0.1, 0.15) is 0 Å². The van der Waals surface area contributed by atoms with Crippen molar-refractivity contribution in [1.82, 2.24) is 15.2 Å². The average Bonchev–Trinajstić information content (AvgIpc) is 2.57. The predicted octanol–water partition coefficient (Wildman–Crippen LogP) is 4.84. The second kappa shape index (κ2) is 7.47. The summed E-state index contributed by atoms with van der Waals surface area (Å²) in [6.45, 7) is 2.58. The zero-order valence-corrected chi connectivity index (χ0v) is 14.4. The molecule has 0 aliphatic carbocycles. The maximum absolute atomic E-state index is 5.96. The smallest absolute Gasteiger partial charge is 0.249 e. The number of anilines is 3. The number of nitrogens with one attached hydrogen (secondary N) is 2. The fraction of sp³-hybridized carbons (Fsp3) is 0.118. The van der Waals surface area contributed by atoms with Gasteiger partial charge in [-0.05, 0) is 48.4 Å². The Kier molecular flexibility index (Phi) is 5.13. The summed E-state index contributed by atoms with van der Waals surface area (Å²) in [4.78, 5) is 4.41. The standard InChI is InChI=1S/C17H15Cl2N5/c1-11-8-14(19)6-7-15(11)22-17-23-16(10-21-24-17)20-9-12-2-4-13(18)5-3-12/h2-8,10H,9H2,1H3,(H2,20,22,23,24). The Morgan fingerprint density at radius 2 is 1.75 bits per heavy atom. The summed E-state index contributed by atoms with van der Waals surface area (Å²) in [5.41, 5.74) is 2.99. The summed E-state index contributed by atoms with van der Waals surface area (Å²) in [5, 5.41) is 15.7. The molecule has 0 saturated carbocycles. The molecule has 24 heavy (non-hydrogen) atoms. The number of hydrogen-bond donors (Lipinski definition) is 2. The molecule has 0 aliphatic heterocycles. The molecule has 3 rings (SSSR count). The summed E-state index contributed by atoms with van der Waals surface area (Å²) in [7, 11) is 0. The first-order chi connectivity index (χ1) is 11.6. The van der Waals surface area contributed by atoms with Gasteiger partial charge in [-0.15, -0.1) is 5.10 Å². The number of nitrogens with zero attached hydrogens (tertiary/aromatic N) is 3. The first kappa shape index (κ1) is 16.5. The minimum atomic E-state index is 0.418. The molecule has 0 amide bonds. The predicted molar refractivity (Wildman–Crippen MR) is 98.1 cm³/mol. The van der Waals surface area contributed by atoms with E-state index in [0.29, 0.717) is 28.4 Å². The Bertz CT molecular complexity index is 837. The van der Waals surface area contributed by atoms with Crippen molar-refractivity contribution >= 4 is 40.7 Å². The van der Waals surface area contributed by atoms with Gasteiger partial charge < -0.3 is 10.6 Å². The number of aryl methyl sites for hydroxylation is 1. The van der Waals surface area contributed by atoms with Crippen LogP contribution in [0.3, 0.4) is 0 Å². The van der Waals surface area contributed by atoms with E-state index in [1.165, 1.54) is 0 Å². The van der Waals surface area contributed by atoms with Gasteiger partial charge in [0, 0.05) is 22.3 Å². The molecule has 2 N–H and O–H groups in total. The van der Waals surface area contributed by atoms with Gasteiger partial charge in [-0.25, -0.2) is 0 Å². The fourth-order valence-corrected chi connectivity index (χ4v) is 2.48. The van der Waals surface area contributed by atoms with Crippen LogP contribution in [0, 0.1) is 6.92 Å². The molecule has 0 atom stereocenters. The maximum atomic E-state index is 5.96. The van der Waals surface area contributed by atoms with Gasteiger partial charge in [-0.1, -0.05) is 35.3 Å². The minimum Gasteiger partial charge on any atom is -0.365 e. The van der Waals surface area contributed by atoms with Crippen molar-refractivity contribution in [3.8, 4) is 0 Å². The Labute approximate surface area is 150 Å². The summed E-state index contributed by atoms with van der Waals surface area (Å²) in [5.74, 6) is 1.05. The molecule has 3 aromatic rings. The lowest BCUT2D eigenvalue weighted by molar-refractivity contribution is 0.965. The Morgan fingerprint density at radius 1 is 1.00 bits per heavy atom. The largest absolute Gasteiger partial charge is 0.365 e. The molecule has 122 valence electrons. The van der Waals surface area contributed by atoms with Crippen LogP contribution in [-0.2, 0) is 6.54 Å². The molecule has 2 aromatic carbocycles. The zero-order chi connectivity index (χ0) is 16.9. The van der Waals surface area contributed by atoms with E-state index in [0.717, 1.165) is 16.8 Å². The van der Waals surface area contributed by atoms with Crippen molar-refractivity contribution < 1.29 is 0 Å². The number of halogens is 2. The van der Waals surface area contributed by atoms with Gasteiger partial charge in [0.15, 0.2) is 5.82 Å². The number of hydrogen-bond acceptors (Lipinski definition) is 5. The topological polar surface area (TPSA) is 62.7 Å². The van der Waals surface area contributed by atoms with Gasteiger partial charge in [0.05, 0.1) is 6.20 Å². The SMILES string of the molecule is Cc1cc(Cl)ccc1Nc1nncc(NCc2ccc(Cl)cc2)n1. The first-order valence-electron chi connectivity index (χ1n) is 7.31. The van der Waals surface area contributed by atoms with Crippen LogP contribution in [0.25, 0.3) is 0 Å². The van der Waals surface area contributed by atoms with Crippen LogP contribution in [-0.4, -0.2) is 15.2 Å². The molecule has 1 heterocycles. The van der Waals surface area contributed by atoms with E-state index in [2.05, 4.69) is 25.8 Å². The summed E-state index contributed by atoms with van der Waals surface area (Å²) >= 11 is 11.8. The lowest BCUT2D eigenvalue weighted by Crippen LogP contribution is -2.06. The molecular weight excluding hydrogens is 345 g/mol. The molecule has 7 heteroatoms. The van der Waals surface area contributed by atoms with Gasteiger partial charge >= 0.3 is 0 Å². The van der Waals surface area contributed by atoms with E-state index in [1.807, 2.05) is 49.4 Å². The average molecular weight is 360 g/mol. The highest BCUT2D eigenvalue weighted by atomic mass is 35.5. The van der Waals surface area contributed by atoms with Crippen molar-refractivity contribution in [2.75, 3.05) is 10.6 Å². The summed E-state index contributed by atoms with van der Waals surface area (Å²) < 4.78 is 0. The van der Waals surface area contributed by atoms with Crippen molar-refractivity contribution in [2.24, 2.45) is 0 Å². The number of aromatic nitrogens is 3. The first-order valence-corrected chi connectivity index (χ1v) is 8.07. The van der Waals surface area contributed by atoms with E-state index in [1.54, 1.807) is 6.20 Å². The molecule has 1 aromatic heterocycles. The van der Waals surface area contributed by atoms with Crippen LogP contribution in [0.4, 0.5) is 17.5 Å². The van der Waals surface area contributed by atoms with Crippen LogP contribution in [0.1, 0.15) is 11.1 Å². The minimum absolute atomic E-state index is 0.418. The lowest BCUT2D eigenvalue weighted by atomic mass is 10.2. The molecule has 0 unspecified atom stereocenters. The third kappa shape index (κ3) is 4.34. The molecule has 0 aliphatic rings. The van der Waals surface area contributed by atoms with Crippen molar-refractivity contribution in [1.29, 1.82) is 0 Å². The van der Waals surface area contributed by atoms with Gasteiger partial charge in [-0.2, -0.15) is 10.1 Å². The van der Waals surface area contributed by atoms with Crippen molar-refractivity contribution in [3.63, 3.8) is 0 Å². The second-order valence-electron chi connectivity index (χ2n) is 5.23. The Balaban J connectivity index is 1.68.